The molecule has 2 rings (SSSR count). The van der Waals surface area contributed by atoms with Gasteiger partial charge in [-0.1, -0.05) is 18.2 Å². The summed E-state index contributed by atoms with van der Waals surface area (Å²) in [6, 6.07) is 6.63. The first-order chi connectivity index (χ1) is 8.55. The number of allylic oxidation sites excluding steroid dienone is 2. The minimum absolute atomic E-state index is 0.149. The van der Waals surface area contributed by atoms with Crippen molar-refractivity contribution >= 4 is 15.7 Å². The van der Waals surface area contributed by atoms with Gasteiger partial charge in [-0.15, -0.1) is 0 Å². The van der Waals surface area contributed by atoms with Gasteiger partial charge in [0.25, 0.3) is 0 Å². The van der Waals surface area contributed by atoms with Crippen molar-refractivity contribution < 1.29 is 8.42 Å². The van der Waals surface area contributed by atoms with E-state index in [-0.39, 0.29) is 4.90 Å². The first-order valence-corrected chi connectivity index (χ1v) is 7.62. The fourth-order valence-corrected chi connectivity index (χ4v) is 2.65. The van der Waals surface area contributed by atoms with Gasteiger partial charge in [0.05, 0.1) is 4.90 Å². The Morgan fingerprint density at radius 3 is 2.83 bits per heavy atom. The van der Waals surface area contributed by atoms with Crippen LogP contribution in [-0.4, -0.2) is 15.0 Å². The molecule has 0 bridgehead atoms. The van der Waals surface area contributed by atoms with Crippen LogP contribution in [-0.2, 0) is 10.0 Å². The van der Waals surface area contributed by atoms with Crippen molar-refractivity contribution in [2.75, 3.05) is 11.9 Å². The normalized spacial score (nSPS) is 19.7. The molecular weight excluding hydrogens is 248 g/mol. The molecule has 5 heteroatoms. The summed E-state index contributed by atoms with van der Waals surface area (Å²) in [5, 5.41) is 8.37. The summed E-state index contributed by atoms with van der Waals surface area (Å²) in [7, 11) is -3.62. The topological polar surface area (TPSA) is 72.2 Å². The summed E-state index contributed by atoms with van der Waals surface area (Å²) in [5.74, 6) is 0.619. The summed E-state index contributed by atoms with van der Waals surface area (Å²) in [4.78, 5) is 0.149. The van der Waals surface area contributed by atoms with E-state index in [1.54, 1.807) is 12.1 Å². The first-order valence-electron chi connectivity index (χ1n) is 6.07. The largest absolute Gasteiger partial charge is 0.385 e. The van der Waals surface area contributed by atoms with E-state index in [1.807, 2.05) is 6.07 Å². The number of primary sulfonamides is 1. The zero-order valence-electron chi connectivity index (χ0n) is 10.2. The Labute approximate surface area is 108 Å². The molecule has 0 saturated heterocycles. The van der Waals surface area contributed by atoms with Crippen LogP contribution in [0.3, 0.4) is 0 Å². The van der Waals surface area contributed by atoms with Crippen LogP contribution >= 0.6 is 0 Å². The van der Waals surface area contributed by atoms with Crippen molar-refractivity contribution in [1.82, 2.24) is 0 Å². The summed E-state index contributed by atoms with van der Waals surface area (Å²) in [6.45, 7) is 0.860. The van der Waals surface area contributed by atoms with Crippen LogP contribution in [0.4, 0.5) is 5.69 Å². The maximum absolute atomic E-state index is 11.2. The van der Waals surface area contributed by atoms with Crippen LogP contribution < -0.4 is 10.5 Å². The third-order valence-corrected chi connectivity index (χ3v) is 4.05. The molecule has 1 aliphatic rings. The fourth-order valence-electron chi connectivity index (χ4n) is 2.09. The van der Waals surface area contributed by atoms with E-state index in [2.05, 4.69) is 17.5 Å². The second-order valence-corrected chi connectivity index (χ2v) is 6.17. The molecule has 1 aliphatic carbocycles. The smallest absolute Gasteiger partial charge is 0.238 e. The minimum Gasteiger partial charge on any atom is -0.385 e. The number of benzene rings is 1. The Hall–Kier alpha value is -1.33. The lowest BCUT2D eigenvalue weighted by molar-refractivity contribution is 0.504. The maximum atomic E-state index is 11.2. The number of hydrogen-bond donors (Lipinski definition) is 2. The van der Waals surface area contributed by atoms with Gasteiger partial charge in [-0.3, -0.25) is 0 Å². The van der Waals surface area contributed by atoms with E-state index in [4.69, 9.17) is 5.14 Å². The lowest BCUT2D eigenvalue weighted by atomic mass is 9.94. The highest BCUT2D eigenvalue weighted by atomic mass is 32.2. The van der Waals surface area contributed by atoms with Crippen molar-refractivity contribution in [3.05, 3.63) is 36.4 Å². The Kier molecular flexibility index (Phi) is 4.04. The van der Waals surface area contributed by atoms with Crippen LogP contribution in [0.5, 0.6) is 0 Å². The standard InChI is InChI=1S/C13H18N2O2S/c14-18(16,17)13-8-4-7-12(9-13)15-10-11-5-2-1-3-6-11/h1-2,4,7-9,11,15H,3,5-6,10H2,(H2,14,16,17). The van der Waals surface area contributed by atoms with Crippen molar-refractivity contribution in [2.24, 2.45) is 11.1 Å². The lowest BCUT2D eigenvalue weighted by Gasteiger charge is -2.19. The van der Waals surface area contributed by atoms with Crippen LogP contribution in [0.2, 0.25) is 0 Å². The predicted molar refractivity (Wildman–Crippen MR) is 72.8 cm³/mol. The highest BCUT2D eigenvalue weighted by Crippen LogP contribution is 2.20. The zero-order chi connectivity index (χ0) is 13.0. The third-order valence-electron chi connectivity index (χ3n) is 3.14. The maximum Gasteiger partial charge on any atom is 0.238 e. The molecule has 1 unspecified atom stereocenters. The van der Waals surface area contributed by atoms with Gasteiger partial charge in [0.15, 0.2) is 0 Å². The zero-order valence-corrected chi connectivity index (χ0v) is 11.0. The molecule has 98 valence electrons. The summed E-state index contributed by atoms with van der Waals surface area (Å²) in [6.07, 6.45) is 7.80. The minimum atomic E-state index is -3.62. The molecule has 0 spiro atoms. The second kappa shape index (κ2) is 5.54. The molecule has 0 heterocycles. The van der Waals surface area contributed by atoms with Crippen LogP contribution in [0.25, 0.3) is 0 Å². The number of nitrogens with one attached hydrogen (secondary N) is 1. The average molecular weight is 266 g/mol. The molecule has 1 atom stereocenters. The van der Waals surface area contributed by atoms with Crippen LogP contribution in [0, 0.1) is 5.92 Å². The van der Waals surface area contributed by atoms with E-state index in [0.29, 0.717) is 5.92 Å². The first kappa shape index (κ1) is 13.1. The van der Waals surface area contributed by atoms with Gasteiger partial charge in [0, 0.05) is 12.2 Å². The lowest BCUT2D eigenvalue weighted by Crippen LogP contribution is -2.16. The predicted octanol–water partition coefficient (Wildman–Crippen LogP) is 2.10. The molecule has 0 saturated carbocycles. The average Bonchev–Trinajstić information content (AvgIpc) is 2.37. The molecule has 18 heavy (non-hydrogen) atoms. The summed E-state index contributed by atoms with van der Waals surface area (Å²) < 4.78 is 22.5. The number of rotatable bonds is 4. The molecule has 0 amide bonds. The van der Waals surface area contributed by atoms with Gasteiger partial charge >= 0.3 is 0 Å². The SMILES string of the molecule is NS(=O)(=O)c1cccc(NCC2CC=CCC2)c1. The van der Waals surface area contributed by atoms with Crippen molar-refractivity contribution in [1.29, 1.82) is 0 Å². The highest BCUT2D eigenvalue weighted by molar-refractivity contribution is 7.89. The van der Waals surface area contributed by atoms with E-state index >= 15 is 0 Å². The number of nitrogens with two attached hydrogens (primary N) is 1. The fraction of sp³-hybridized carbons (Fsp3) is 0.385. The number of hydrogen-bond acceptors (Lipinski definition) is 3. The number of sulfonamides is 1. The Bertz CT molecular complexity index is 538. The molecule has 0 fully saturated rings. The monoisotopic (exact) mass is 266 g/mol. The van der Waals surface area contributed by atoms with Crippen molar-refractivity contribution in [3.63, 3.8) is 0 Å². The molecule has 4 nitrogen and oxygen atoms in total. The van der Waals surface area contributed by atoms with E-state index in [9.17, 15) is 8.42 Å². The van der Waals surface area contributed by atoms with Gasteiger partial charge in [-0.2, -0.15) is 0 Å². The van der Waals surface area contributed by atoms with Crippen molar-refractivity contribution in [3.8, 4) is 0 Å². The number of anilines is 1. The van der Waals surface area contributed by atoms with Gasteiger partial charge in [0.2, 0.25) is 10.0 Å². The second-order valence-electron chi connectivity index (χ2n) is 4.60. The third kappa shape index (κ3) is 3.58. The summed E-state index contributed by atoms with van der Waals surface area (Å²) >= 11 is 0. The van der Waals surface area contributed by atoms with Crippen LogP contribution in [0.1, 0.15) is 19.3 Å². The molecule has 0 aliphatic heterocycles. The quantitative estimate of drug-likeness (QED) is 0.820. The molecule has 3 N–H and O–H groups in total. The van der Waals surface area contributed by atoms with Gasteiger partial charge in [0.1, 0.15) is 0 Å². The molecule has 1 aromatic carbocycles. The Morgan fingerprint density at radius 2 is 2.17 bits per heavy atom. The molecule has 1 aromatic rings. The van der Waals surface area contributed by atoms with Gasteiger partial charge in [-0.05, 0) is 43.4 Å². The Morgan fingerprint density at radius 1 is 1.33 bits per heavy atom. The molecule has 0 aromatic heterocycles. The summed E-state index contributed by atoms with van der Waals surface area (Å²) in [5.41, 5.74) is 0.802. The molecule has 0 radical (unpaired) electrons. The highest BCUT2D eigenvalue weighted by Gasteiger charge is 2.11. The molecular formula is C13H18N2O2S. The van der Waals surface area contributed by atoms with E-state index < -0.39 is 10.0 Å². The van der Waals surface area contributed by atoms with Gasteiger partial charge < -0.3 is 5.32 Å². The Balaban J connectivity index is 1.99. The van der Waals surface area contributed by atoms with E-state index in [0.717, 1.165) is 25.1 Å². The van der Waals surface area contributed by atoms with E-state index in [1.165, 1.54) is 12.5 Å². The van der Waals surface area contributed by atoms with Crippen LogP contribution in [0.15, 0.2) is 41.3 Å². The van der Waals surface area contributed by atoms with Crippen molar-refractivity contribution in [2.45, 2.75) is 24.2 Å². The van der Waals surface area contributed by atoms with Gasteiger partial charge in [-0.25, -0.2) is 13.6 Å².